The quantitative estimate of drug-likeness (QED) is 0.750. The summed E-state index contributed by atoms with van der Waals surface area (Å²) >= 11 is 0. The summed E-state index contributed by atoms with van der Waals surface area (Å²) in [5, 5.41) is 10.1. The third kappa shape index (κ3) is 5.05. The molecule has 2 aromatic rings. The minimum absolute atomic E-state index is 0.0410. The average Bonchev–Trinajstić information content (AvgIpc) is 2.68. The molecule has 152 valence electrons. The van der Waals surface area contributed by atoms with Crippen molar-refractivity contribution in [2.75, 3.05) is 39.3 Å². The highest BCUT2D eigenvalue weighted by Crippen LogP contribution is 2.20. The first-order valence-electron chi connectivity index (χ1n) is 8.90. The van der Waals surface area contributed by atoms with E-state index in [0.29, 0.717) is 25.4 Å². The molecule has 0 radical (unpaired) electrons. The van der Waals surface area contributed by atoms with Gasteiger partial charge in [-0.25, -0.2) is 17.2 Å². The summed E-state index contributed by atoms with van der Waals surface area (Å²) in [7, 11) is -3.88. The van der Waals surface area contributed by atoms with Crippen LogP contribution in [0.25, 0.3) is 0 Å². The SMILES string of the molecule is O=S(=O)(c1ccccc1F)N1CCN(CC(O)COc2ccc(F)cc2)CC1. The molecule has 28 heavy (non-hydrogen) atoms. The van der Waals surface area contributed by atoms with Crippen LogP contribution in [0.3, 0.4) is 0 Å². The minimum atomic E-state index is -3.88. The Morgan fingerprint density at radius 1 is 1.00 bits per heavy atom. The predicted molar refractivity (Wildman–Crippen MR) is 99.5 cm³/mol. The van der Waals surface area contributed by atoms with Gasteiger partial charge in [0, 0.05) is 32.7 Å². The van der Waals surface area contributed by atoms with Crippen LogP contribution in [0, 0.1) is 11.6 Å². The minimum Gasteiger partial charge on any atom is -0.491 e. The highest BCUT2D eigenvalue weighted by molar-refractivity contribution is 7.89. The highest BCUT2D eigenvalue weighted by atomic mass is 32.2. The Bertz CT molecular complexity index is 885. The van der Waals surface area contributed by atoms with E-state index in [1.54, 1.807) is 0 Å². The number of hydrogen-bond acceptors (Lipinski definition) is 5. The van der Waals surface area contributed by atoms with Gasteiger partial charge in [0.25, 0.3) is 0 Å². The molecule has 0 aliphatic carbocycles. The molecule has 1 unspecified atom stereocenters. The fourth-order valence-electron chi connectivity index (χ4n) is 3.02. The van der Waals surface area contributed by atoms with Crippen molar-refractivity contribution in [2.24, 2.45) is 0 Å². The highest BCUT2D eigenvalue weighted by Gasteiger charge is 2.30. The van der Waals surface area contributed by atoms with Crippen molar-refractivity contribution < 1.29 is 27.0 Å². The van der Waals surface area contributed by atoms with Crippen LogP contribution in [-0.4, -0.2) is 68.2 Å². The van der Waals surface area contributed by atoms with Gasteiger partial charge in [-0.15, -0.1) is 0 Å². The molecule has 1 aliphatic rings. The van der Waals surface area contributed by atoms with Crippen molar-refractivity contribution in [2.45, 2.75) is 11.0 Å². The van der Waals surface area contributed by atoms with Gasteiger partial charge in [0.1, 0.15) is 35.0 Å². The van der Waals surface area contributed by atoms with E-state index in [9.17, 15) is 22.3 Å². The Morgan fingerprint density at radius 2 is 1.64 bits per heavy atom. The number of ether oxygens (including phenoxy) is 1. The standard InChI is InChI=1S/C19H22F2N2O4S/c20-15-5-7-17(8-6-15)27-14-16(24)13-22-9-11-23(12-10-22)28(25,26)19-4-2-1-3-18(19)21/h1-8,16,24H,9-14H2. The number of rotatable bonds is 7. The Balaban J connectivity index is 1.48. The van der Waals surface area contributed by atoms with Gasteiger partial charge in [-0.3, -0.25) is 4.90 Å². The van der Waals surface area contributed by atoms with E-state index in [-0.39, 0.29) is 30.4 Å². The lowest BCUT2D eigenvalue weighted by molar-refractivity contribution is 0.0568. The van der Waals surface area contributed by atoms with Crippen molar-refractivity contribution in [1.29, 1.82) is 0 Å². The molecule has 0 saturated carbocycles. The molecule has 1 fully saturated rings. The number of sulfonamides is 1. The molecule has 2 aromatic carbocycles. The van der Waals surface area contributed by atoms with E-state index in [1.807, 2.05) is 4.90 Å². The van der Waals surface area contributed by atoms with E-state index in [2.05, 4.69) is 0 Å². The average molecular weight is 412 g/mol. The molecular formula is C19H22F2N2O4S. The molecule has 9 heteroatoms. The lowest BCUT2D eigenvalue weighted by atomic mass is 10.3. The second kappa shape index (κ2) is 8.95. The Morgan fingerprint density at radius 3 is 2.29 bits per heavy atom. The van der Waals surface area contributed by atoms with Gasteiger partial charge in [-0.2, -0.15) is 4.31 Å². The van der Waals surface area contributed by atoms with Gasteiger partial charge in [-0.05, 0) is 36.4 Å². The maximum absolute atomic E-state index is 13.9. The van der Waals surface area contributed by atoms with Crippen LogP contribution in [0.4, 0.5) is 8.78 Å². The molecule has 0 aromatic heterocycles. The number of hydrogen-bond donors (Lipinski definition) is 1. The lowest BCUT2D eigenvalue weighted by Gasteiger charge is -2.34. The molecule has 1 saturated heterocycles. The van der Waals surface area contributed by atoms with Crippen molar-refractivity contribution in [3.63, 3.8) is 0 Å². The normalized spacial score (nSPS) is 17.4. The van der Waals surface area contributed by atoms with Crippen LogP contribution < -0.4 is 4.74 Å². The van der Waals surface area contributed by atoms with Crippen molar-refractivity contribution in [3.05, 3.63) is 60.2 Å². The fourth-order valence-corrected chi connectivity index (χ4v) is 4.51. The van der Waals surface area contributed by atoms with Crippen LogP contribution in [0.1, 0.15) is 0 Å². The number of halogens is 2. The zero-order valence-electron chi connectivity index (χ0n) is 15.2. The van der Waals surface area contributed by atoms with Crippen LogP contribution in [0.2, 0.25) is 0 Å². The van der Waals surface area contributed by atoms with Gasteiger partial charge in [0.15, 0.2) is 0 Å². The molecule has 1 N–H and O–H groups in total. The van der Waals surface area contributed by atoms with Crippen LogP contribution in [0.15, 0.2) is 53.4 Å². The van der Waals surface area contributed by atoms with E-state index >= 15 is 0 Å². The summed E-state index contributed by atoms with van der Waals surface area (Å²) in [6.45, 7) is 1.61. The second-order valence-corrected chi connectivity index (χ2v) is 8.46. The summed E-state index contributed by atoms with van der Waals surface area (Å²) in [6.07, 6.45) is -0.778. The van der Waals surface area contributed by atoms with Crippen molar-refractivity contribution in [3.8, 4) is 5.75 Å². The zero-order valence-corrected chi connectivity index (χ0v) is 16.0. The Hall–Kier alpha value is -2.07. The van der Waals surface area contributed by atoms with Gasteiger partial charge in [0.2, 0.25) is 10.0 Å². The number of aliphatic hydroxyl groups excluding tert-OH is 1. The van der Waals surface area contributed by atoms with Crippen molar-refractivity contribution >= 4 is 10.0 Å². The maximum atomic E-state index is 13.9. The van der Waals surface area contributed by atoms with Gasteiger partial charge in [0.05, 0.1) is 0 Å². The van der Waals surface area contributed by atoms with E-state index < -0.39 is 21.9 Å². The number of nitrogens with zero attached hydrogens (tertiary/aromatic N) is 2. The smallest absolute Gasteiger partial charge is 0.246 e. The third-order valence-corrected chi connectivity index (χ3v) is 6.44. The molecule has 1 heterocycles. The zero-order chi connectivity index (χ0) is 20.1. The van der Waals surface area contributed by atoms with Gasteiger partial charge >= 0.3 is 0 Å². The number of aliphatic hydroxyl groups is 1. The third-order valence-electron chi connectivity index (χ3n) is 4.51. The molecule has 0 amide bonds. The van der Waals surface area contributed by atoms with E-state index in [1.165, 1.54) is 46.8 Å². The maximum Gasteiger partial charge on any atom is 0.246 e. The molecule has 3 rings (SSSR count). The lowest BCUT2D eigenvalue weighted by Crippen LogP contribution is -2.50. The summed E-state index contributed by atoms with van der Waals surface area (Å²) in [5.41, 5.74) is 0. The number of piperazine rings is 1. The van der Waals surface area contributed by atoms with Crippen LogP contribution in [0.5, 0.6) is 5.75 Å². The summed E-state index contributed by atoms with van der Waals surface area (Å²) in [4.78, 5) is 1.60. The van der Waals surface area contributed by atoms with Crippen LogP contribution in [-0.2, 0) is 10.0 Å². The first-order valence-corrected chi connectivity index (χ1v) is 10.3. The molecule has 0 bridgehead atoms. The van der Waals surface area contributed by atoms with Crippen LogP contribution >= 0.6 is 0 Å². The molecule has 1 atom stereocenters. The molecule has 1 aliphatic heterocycles. The van der Waals surface area contributed by atoms with E-state index in [0.717, 1.165) is 6.07 Å². The summed E-state index contributed by atoms with van der Waals surface area (Å²) in [5.74, 6) is -0.671. The topological polar surface area (TPSA) is 70.1 Å². The summed E-state index contributed by atoms with van der Waals surface area (Å²) < 4.78 is 58.6. The molecule has 0 spiro atoms. The first kappa shape index (κ1) is 20.7. The predicted octanol–water partition coefficient (Wildman–Crippen LogP) is 1.71. The molecular weight excluding hydrogens is 390 g/mol. The van der Waals surface area contributed by atoms with Gasteiger partial charge in [-0.1, -0.05) is 12.1 Å². The first-order chi connectivity index (χ1) is 13.4. The Kier molecular flexibility index (Phi) is 6.61. The molecule has 6 nitrogen and oxygen atoms in total. The summed E-state index contributed by atoms with van der Waals surface area (Å²) in [6, 6.07) is 10.8. The van der Waals surface area contributed by atoms with Gasteiger partial charge < -0.3 is 9.84 Å². The number of benzene rings is 2. The second-order valence-electron chi connectivity index (χ2n) is 6.55. The largest absolute Gasteiger partial charge is 0.491 e. The van der Waals surface area contributed by atoms with E-state index in [4.69, 9.17) is 4.74 Å². The van der Waals surface area contributed by atoms with Crippen molar-refractivity contribution in [1.82, 2.24) is 9.21 Å². The fraction of sp³-hybridized carbons (Fsp3) is 0.368. The Labute approximate surface area is 163 Å². The monoisotopic (exact) mass is 412 g/mol. The number of β-amino-alcohol motifs (C(OH)–C–C–N with tert-alkyl or cyclic N) is 1.